The zero-order chi connectivity index (χ0) is 18.5. The van der Waals surface area contributed by atoms with Crippen LogP contribution in [-0.2, 0) is 16.1 Å². The standard InChI is InChI=1S/C18H17N3O5/c1-24-12-7-8-17(25-2)13(9-12)16(22)11-26-18(23)10-21-15-6-4-3-5-14(15)19-20-21/h3-9H,10-11H2,1-2H3. The van der Waals surface area contributed by atoms with Crippen LogP contribution in [0.5, 0.6) is 11.5 Å². The summed E-state index contributed by atoms with van der Waals surface area (Å²) >= 11 is 0. The fourth-order valence-corrected chi connectivity index (χ4v) is 2.46. The second-order valence-electron chi connectivity index (χ2n) is 5.39. The number of fused-ring (bicyclic) bond motifs is 1. The van der Waals surface area contributed by atoms with Crippen LogP contribution in [0.3, 0.4) is 0 Å². The van der Waals surface area contributed by atoms with Crippen LogP contribution in [0.1, 0.15) is 10.4 Å². The van der Waals surface area contributed by atoms with Gasteiger partial charge in [-0.15, -0.1) is 5.10 Å². The molecule has 3 aromatic rings. The number of ether oxygens (including phenoxy) is 3. The van der Waals surface area contributed by atoms with Gasteiger partial charge in [0, 0.05) is 0 Å². The Morgan fingerprint density at radius 2 is 1.88 bits per heavy atom. The summed E-state index contributed by atoms with van der Waals surface area (Å²) in [7, 11) is 2.96. The maximum absolute atomic E-state index is 12.4. The lowest BCUT2D eigenvalue weighted by Gasteiger charge is -2.10. The molecule has 0 unspecified atom stereocenters. The van der Waals surface area contributed by atoms with Crippen molar-refractivity contribution in [3.05, 3.63) is 48.0 Å². The first-order valence-electron chi connectivity index (χ1n) is 7.81. The number of ketones is 1. The summed E-state index contributed by atoms with van der Waals surface area (Å²) in [4.78, 5) is 24.4. The molecule has 1 aromatic heterocycles. The minimum Gasteiger partial charge on any atom is -0.497 e. The molecule has 0 N–H and O–H groups in total. The van der Waals surface area contributed by atoms with Gasteiger partial charge in [-0.2, -0.15) is 0 Å². The molecule has 1 heterocycles. The molecule has 3 rings (SSSR count). The molecule has 0 aliphatic carbocycles. The topological polar surface area (TPSA) is 92.5 Å². The van der Waals surface area contributed by atoms with Gasteiger partial charge in [0.1, 0.15) is 23.6 Å². The Bertz CT molecular complexity index is 951. The molecule has 8 nitrogen and oxygen atoms in total. The number of carbonyl (C=O) groups is 2. The lowest BCUT2D eigenvalue weighted by molar-refractivity contribution is -0.143. The molecule has 0 radical (unpaired) electrons. The van der Waals surface area contributed by atoms with E-state index in [4.69, 9.17) is 14.2 Å². The minimum atomic E-state index is -0.587. The molecule has 0 saturated carbocycles. The summed E-state index contributed by atoms with van der Waals surface area (Å²) in [6, 6.07) is 12.1. The molecule has 8 heteroatoms. The second kappa shape index (κ2) is 7.64. The first kappa shape index (κ1) is 17.4. The summed E-state index contributed by atoms with van der Waals surface area (Å²) < 4.78 is 16.8. The van der Waals surface area contributed by atoms with E-state index in [0.29, 0.717) is 22.5 Å². The Morgan fingerprint density at radius 3 is 2.65 bits per heavy atom. The Kier molecular flexibility index (Phi) is 5.12. The van der Waals surface area contributed by atoms with Gasteiger partial charge in [-0.25, -0.2) is 4.68 Å². The average molecular weight is 355 g/mol. The van der Waals surface area contributed by atoms with E-state index >= 15 is 0 Å². The van der Waals surface area contributed by atoms with Gasteiger partial charge in [0.2, 0.25) is 5.78 Å². The molecule has 0 aliphatic heterocycles. The van der Waals surface area contributed by atoms with Crippen LogP contribution in [0.25, 0.3) is 11.0 Å². The van der Waals surface area contributed by atoms with E-state index in [1.165, 1.54) is 18.9 Å². The highest BCUT2D eigenvalue weighted by molar-refractivity contribution is 6.00. The SMILES string of the molecule is COc1ccc(OC)c(C(=O)COC(=O)Cn2nnc3ccccc32)c1. The number of hydrogen-bond donors (Lipinski definition) is 0. The number of benzene rings is 2. The smallest absolute Gasteiger partial charge is 0.328 e. The van der Waals surface area contributed by atoms with Crippen molar-refractivity contribution in [2.45, 2.75) is 6.54 Å². The number of rotatable bonds is 7. The third-order valence-electron chi connectivity index (χ3n) is 3.77. The number of Topliss-reactive ketones (excluding diaryl/α,β-unsaturated/α-hetero) is 1. The van der Waals surface area contributed by atoms with Crippen molar-refractivity contribution in [1.29, 1.82) is 0 Å². The quantitative estimate of drug-likeness (QED) is 0.472. The van der Waals surface area contributed by atoms with Gasteiger partial charge in [0.15, 0.2) is 6.61 Å². The van der Waals surface area contributed by atoms with Gasteiger partial charge >= 0.3 is 5.97 Å². The number of aromatic nitrogens is 3. The van der Waals surface area contributed by atoms with E-state index in [2.05, 4.69) is 10.3 Å². The molecule has 0 bridgehead atoms. The molecular formula is C18H17N3O5. The van der Waals surface area contributed by atoms with E-state index in [0.717, 1.165) is 0 Å². The van der Waals surface area contributed by atoms with Crippen LogP contribution < -0.4 is 9.47 Å². The normalized spacial score (nSPS) is 10.5. The molecule has 26 heavy (non-hydrogen) atoms. The van der Waals surface area contributed by atoms with Crippen LogP contribution in [-0.4, -0.2) is 47.6 Å². The van der Waals surface area contributed by atoms with Crippen LogP contribution in [0.15, 0.2) is 42.5 Å². The van der Waals surface area contributed by atoms with Crippen molar-refractivity contribution in [2.75, 3.05) is 20.8 Å². The van der Waals surface area contributed by atoms with E-state index in [1.807, 2.05) is 12.1 Å². The zero-order valence-electron chi connectivity index (χ0n) is 14.3. The van der Waals surface area contributed by atoms with Crippen LogP contribution in [0.4, 0.5) is 0 Å². The van der Waals surface area contributed by atoms with Gasteiger partial charge in [-0.05, 0) is 30.3 Å². The second-order valence-corrected chi connectivity index (χ2v) is 5.39. The van der Waals surface area contributed by atoms with Crippen LogP contribution in [0.2, 0.25) is 0 Å². The van der Waals surface area contributed by atoms with Crippen molar-refractivity contribution in [1.82, 2.24) is 15.0 Å². The monoisotopic (exact) mass is 355 g/mol. The number of hydrogen-bond acceptors (Lipinski definition) is 7. The van der Waals surface area contributed by atoms with E-state index < -0.39 is 18.4 Å². The third-order valence-corrected chi connectivity index (χ3v) is 3.77. The van der Waals surface area contributed by atoms with Crippen LogP contribution in [0, 0.1) is 0 Å². The maximum atomic E-state index is 12.4. The van der Waals surface area contributed by atoms with Crippen molar-refractivity contribution in [3.8, 4) is 11.5 Å². The van der Waals surface area contributed by atoms with Gasteiger partial charge in [-0.3, -0.25) is 9.59 Å². The average Bonchev–Trinajstić information content (AvgIpc) is 3.08. The number of nitrogens with zero attached hydrogens (tertiary/aromatic N) is 3. The molecule has 0 fully saturated rings. The van der Waals surface area contributed by atoms with Gasteiger partial charge in [-0.1, -0.05) is 17.3 Å². The lowest BCUT2D eigenvalue weighted by Crippen LogP contribution is -2.19. The minimum absolute atomic E-state index is 0.136. The summed E-state index contributed by atoms with van der Waals surface area (Å²) in [6.07, 6.45) is 0. The predicted molar refractivity (Wildman–Crippen MR) is 92.4 cm³/mol. The van der Waals surface area contributed by atoms with E-state index in [-0.39, 0.29) is 12.1 Å². The zero-order valence-corrected chi connectivity index (χ0v) is 14.3. The number of esters is 1. The first-order valence-corrected chi connectivity index (χ1v) is 7.81. The fraction of sp³-hybridized carbons (Fsp3) is 0.222. The summed E-state index contributed by atoms with van der Waals surface area (Å²) in [5, 5.41) is 7.88. The van der Waals surface area contributed by atoms with Crippen molar-refractivity contribution in [3.63, 3.8) is 0 Å². The summed E-state index contributed by atoms with van der Waals surface area (Å²) in [5.74, 6) is -0.0860. The van der Waals surface area contributed by atoms with Gasteiger partial charge < -0.3 is 14.2 Å². The number of para-hydroxylation sites is 1. The summed E-state index contributed by atoms with van der Waals surface area (Å²) in [5.41, 5.74) is 1.67. The molecule has 0 amide bonds. The molecular weight excluding hydrogens is 338 g/mol. The Labute approximate surface area is 149 Å². The molecule has 0 atom stereocenters. The van der Waals surface area contributed by atoms with Crippen molar-refractivity contribution >= 4 is 22.8 Å². The summed E-state index contributed by atoms with van der Waals surface area (Å²) in [6.45, 7) is -0.544. The Balaban J connectivity index is 1.65. The third kappa shape index (κ3) is 3.64. The van der Waals surface area contributed by atoms with Crippen molar-refractivity contribution < 1.29 is 23.8 Å². The van der Waals surface area contributed by atoms with Crippen molar-refractivity contribution in [2.24, 2.45) is 0 Å². The largest absolute Gasteiger partial charge is 0.497 e. The predicted octanol–water partition coefficient (Wildman–Crippen LogP) is 1.87. The Hall–Kier alpha value is -3.42. The fourth-order valence-electron chi connectivity index (χ4n) is 2.46. The Morgan fingerprint density at radius 1 is 1.08 bits per heavy atom. The van der Waals surface area contributed by atoms with E-state index in [9.17, 15) is 9.59 Å². The molecule has 0 aliphatic rings. The molecule has 2 aromatic carbocycles. The highest BCUT2D eigenvalue weighted by Gasteiger charge is 2.17. The molecule has 0 saturated heterocycles. The van der Waals surface area contributed by atoms with Gasteiger partial charge in [0.05, 0.1) is 25.3 Å². The van der Waals surface area contributed by atoms with Crippen LogP contribution >= 0.6 is 0 Å². The molecule has 134 valence electrons. The lowest BCUT2D eigenvalue weighted by atomic mass is 10.1. The highest BCUT2D eigenvalue weighted by atomic mass is 16.5. The first-order chi connectivity index (χ1) is 12.6. The highest BCUT2D eigenvalue weighted by Crippen LogP contribution is 2.24. The maximum Gasteiger partial charge on any atom is 0.328 e. The van der Waals surface area contributed by atoms with E-state index in [1.54, 1.807) is 30.3 Å². The molecule has 0 spiro atoms. The number of carbonyl (C=O) groups excluding carboxylic acids is 2. The van der Waals surface area contributed by atoms with Gasteiger partial charge in [0.25, 0.3) is 0 Å². The number of methoxy groups -OCH3 is 2.